The number of esters is 1. The number of H-pyrrole nitrogens is 1. The second-order valence-electron chi connectivity index (χ2n) is 7.88. The molecule has 1 aromatic rings. The maximum absolute atomic E-state index is 12.6. The summed E-state index contributed by atoms with van der Waals surface area (Å²) in [6.07, 6.45) is 6.76. The molecule has 1 amide bonds. The molecule has 0 radical (unpaired) electrons. The van der Waals surface area contributed by atoms with Crippen molar-refractivity contribution in [1.82, 2.24) is 10.3 Å². The minimum Gasteiger partial charge on any atom is -0.469 e. The molecule has 4 fully saturated rings. The van der Waals surface area contributed by atoms with Gasteiger partial charge in [0.1, 0.15) is 5.56 Å². The van der Waals surface area contributed by atoms with Gasteiger partial charge in [0.2, 0.25) is 0 Å². The molecule has 24 heavy (non-hydrogen) atoms. The third-order valence-corrected chi connectivity index (χ3v) is 6.12. The van der Waals surface area contributed by atoms with Crippen LogP contribution in [0, 0.1) is 17.3 Å². The number of carbonyl (C=O) groups is 2. The van der Waals surface area contributed by atoms with E-state index in [1.54, 1.807) is 6.07 Å². The van der Waals surface area contributed by atoms with Crippen molar-refractivity contribution >= 4 is 11.9 Å². The standard InChI is InChI=1S/C18H22N2O4/c1-24-16(23)17-6-11-5-12(7-17)9-18(8-11,10-17)20-15(22)13-3-2-4-19-14(13)21/h2-4,11-12H,5-10H2,1H3,(H,19,21)(H,20,22). The number of ether oxygens (including phenoxy) is 1. The number of aromatic nitrogens is 1. The van der Waals surface area contributed by atoms with Gasteiger partial charge in [0.15, 0.2) is 0 Å². The summed E-state index contributed by atoms with van der Waals surface area (Å²) in [6, 6.07) is 3.18. The normalized spacial score (nSPS) is 36.4. The Labute approximate surface area is 140 Å². The molecule has 2 unspecified atom stereocenters. The number of methoxy groups -OCH3 is 1. The van der Waals surface area contributed by atoms with Crippen LogP contribution in [-0.4, -0.2) is 29.5 Å². The highest BCUT2D eigenvalue weighted by molar-refractivity contribution is 5.94. The zero-order valence-electron chi connectivity index (χ0n) is 13.8. The summed E-state index contributed by atoms with van der Waals surface area (Å²) >= 11 is 0. The second-order valence-corrected chi connectivity index (χ2v) is 7.88. The van der Waals surface area contributed by atoms with Crippen LogP contribution < -0.4 is 10.9 Å². The number of amides is 1. The molecular formula is C18H22N2O4. The summed E-state index contributed by atoms with van der Waals surface area (Å²) < 4.78 is 5.08. The number of rotatable bonds is 3. The van der Waals surface area contributed by atoms with Gasteiger partial charge in [-0.2, -0.15) is 0 Å². The molecule has 0 spiro atoms. The van der Waals surface area contributed by atoms with Crippen LogP contribution in [0.5, 0.6) is 0 Å². The van der Waals surface area contributed by atoms with E-state index < -0.39 is 11.0 Å². The zero-order chi connectivity index (χ0) is 16.9. The van der Waals surface area contributed by atoms with Crippen LogP contribution in [-0.2, 0) is 9.53 Å². The second kappa shape index (κ2) is 5.19. The third kappa shape index (κ3) is 2.27. The third-order valence-electron chi connectivity index (χ3n) is 6.12. The summed E-state index contributed by atoms with van der Waals surface area (Å²) in [5, 5.41) is 3.12. The lowest BCUT2D eigenvalue weighted by Crippen LogP contribution is -2.65. The molecule has 2 atom stereocenters. The minimum atomic E-state index is -0.463. The van der Waals surface area contributed by atoms with E-state index in [4.69, 9.17) is 4.74 Å². The number of pyridine rings is 1. The lowest BCUT2D eigenvalue weighted by atomic mass is 9.47. The average Bonchev–Trinajstić information content (AvgIpc) is 2.52. The van der Waals surface area contributed by atoms with Gasteiger partial charge in [-0.1, -0.05) is 0 Å². The Morgan fingerprint density at radius 3 is 2.58 bits per heavy atom. The first-order valence-corrected chi connectivity index (χ1v) is 8.54. The maximum Gasteiger partial charge on any atom is 0.311 e. The smallest absolute Gasteiger partial charge is 0.311 e. The van der Waals surface area contributed by atoms with Crippen LogP contribution in [0.1, 0.15) is 48.9 Å². The highest BCUT2D eigenvalue weighted by Gasteiger charge is 2.61. The molecule has 4 bridgehead atoms. The van der Waals surface area contributed by atoms with Crippen LogP contribution in [0.3, 0.4) is 0 Å². The predicted molar refractivity (Wildman–Crippen MR) is 86.4 cm³/mol. The molecule has 6 nitrogen and oxygen atoms in total. The molecule has 2 N–H and O–H groups in total. The zero-order valence-corrected chi connectivity index (χ0v) is 13.8. The van der Waals surface area contributed by atoms with Gasteiger partial charge in [-0.3, -0.25) is 14.4 Å². The topological polar surface area (TPSA) is 88.3 Å². The number of nitrogens with one attached hydrogen (secondary N) is 2. The van der Waals surface area contributed by atoms with Gasteiger partial charge in [0, 0.05) is 11.7 Å². The van der Waals surface area contributed by atoms with Crippen molar-refractivity contribution in [2.75, 3.05) is 7.11 Å². The van der Waals surface area contributed by atoms with Gasteiger partial charge in [0.05, 0.1) is 12.5 Å². The molecule has 1 aromatic heterocycles. The van der Waals surface area contributed by atoms with Crippen molar-refractivity contribution in [1.29, 1.82) is 0 Å². The van der Waals surface area contributed by atoms with Crippen molar-refractivity contribution in [3.05, 3.63) is 34.2 Å². The first-order valence-electron chi connectivity index (χ1n) is 8.54. The Bertz CT molecular complexity index is 739. The molecule has 0 aromatic carbocycles. The first-order chi connectivity index (χ1) is 11.5. The first kappa shape index (κ1) is 15.4. The Balaban J connectivity index is 1.63. The van der Waals surface area contributed by atoms with Crippen molar-refractivity contribution in [3.63, 3.8) is 0 Å². The maximum atomic E-state index is 12.6. The summed E-state index contributed by atoms with van der Waals surface area (Å²) in [6.45, 7) is 0. The molecule has 6 heteroatoms. The minimum absolute atomic E-state index is 0.125. The van der Waals surface area contributed by atoms with E-state index in [0.717, 1.165) is 32.1 Å². The van der Waals surface area contributed by atoms with E-state index in [1.165, 1.54) is 19.4 Å². The predicted octanol–water partition coefficient (Wildman–Crippen LogP) is 1.62. The lowest BCUT2D eigenvalue weighted by molar-refractivity contribution is -0.171. The van der Waals surface area contributed by atoms with E-state index in [2.05, 4.69) is 10.3 Å². The molecule has 0 saturated heterocycles. The van der Waals surface area contributed by atoms with Gasteiger partial charge in [-0.05, 0) is 62.5 Å². The largest absolute Gasteiger partial charge is 0.469 e. The quantitative estimate of drug-likeness (QED) is 0.824. The van der Waals surface area contributed by atoms with Crippen LogP contribution in [0.4, 0.5) is 0 Å². The number of hydrogen-bond acceptors (Lipinski definition) is 4. The van der Waals surface area contributed by atoms with Crippen LogP contribution >= 0.6 is 0 Å². The Morgan fingerprint density at radius 1 is 1.25 bits per heavy atom. The van der Waals surface area contributed by atoms with E-state index in [1.807, 2.05) is 0 Å². The van der Waals surface area contributed by atoms with Gasteiger partial charge < -0.3 is 15.0 Å². The average molecular weight is 330 g/mol. The van der Waals surface area contributed by atoms with Crippen LogP contribution in [0.25, 0.3) is 0 Å². The van der Waals surface area contributed by atoms with Crippen molar-refractivity contribution in [2.24, 2.45) is 17.3 Å². The molecule has 128 valence electrons. The number of aromatic amines is 1. The van der Waals surface area contributed by atoms with Crippen molar-refractivity contribution < 1.29 is 14.3 Å². The molecule has 5 rings (SSSR count). The van der Waals surface area contributed by atoms with Gasteiger partial charge in [0.25, 0.3) is 11.5 Å². The highest BCUT2D eigenvalue weighted by atomic mass is 16.5. The van der Waals surface area contributed by atoms with E-state index in [-0.39, 0.29) is 23.0 Å². The lowest BCUT2D eigenvalue weighted by Gasteiger charge is -2.60. The van der Waals surface area contributed by atoms with E-state index >= 15 is 0 Å². The summed E-state index contributed by atoms with van der Waals surface area (Å²) in [5.74, 6) is 0.394. The number of hydrogen-bond donors (Lipinski definition) is 2. The van der Waals surface area contributed by atoms with Crippen molar-refractivity contribution in [3.8, 4) is 0 Å². The summed E-state index contributed by atoms with van der Waals surface area (Å²) in [5.41, 5.74) is -1.12. The number of carbonyl (C=O) groups excluding carboxylic acids is 2. The molecular weight excluding hydrogens is 308 g/mol. The van der Waals surface area contributed by atoms with E-state index in [9.17, 15) is 14.4 Å². The fraction of sp³-hybridized carbons (Fsp3) is 0.611. The molecule has 4 aliphatic rings. The van der Waals surface area contributed by atoms with Crippen molar-refractivity contribution in [2.45, 2.75) is 44.1 Å². The van der Waals surface area contributed by atoms with Gasteiger partial charge in [-0.25, -0.2) is 0 Å². The van der Waals surface area contributed by atoms with Crippen LogP contribution in [0.15, 0.2) is 23.1 Å². The highest BCUT2D eigenvalue weighted by Crippen LogP contribution is 2.62. The molecule has 1 heterocycles. The SMILES string of the molecule is COC(=O)C12CC3CC(CC(NC(=O)c4ccc[nH]c4=O)(C3)C1)C2. The van der Waals surface area contributed by atoms with Crippen LogP contribution in [0.2, 0.25) is 0 Å². The van der Waals surface area contributed by atoms with Gasteiger partial charge >= 0.3 is 5.97 Å². The fourth-order valence-electron chi connectivity index (χ4n) is 5.77. The monoisotopic (exact) mass is 330 g/mol. The molecule has 4 aliphatic carbocycles. The molecule has 4 saturated carbocycles. The fourth-order valence-corrected chi connectivity index (χ4v) is 5.77. The van der Waals surface area contributed by atoms with E-state index in [0.29, 0.717) is 18.3 Å². The van der Waals surface area contributed by atoms with Gasteiger partial charge in [-0.15, -0.1) is 0 Å². The Morgan fingerprint density at radius 2 is 1.96 bits per heavy atom. The Hall–Kier alpha value is -2.11. The summed E-state index contributed by atoms with van der Waals surface area (Å²) in [4.78, 5) is 39.5. The molecule has 0 aliphatic heterocycles. The summed E-state index contributed by atoms with van der Waals surface area (Å²) in [7, 11) is 1.44. The Kier molecular flexibility index (Phi) is 3.34.